The van der Waals surface area contributed by atoms with Crippen LogP contribution in [0.25, 0.3) is 0 Å². The number of anilines is 3. The predicted octanol–water partition coefficient (Wildman–Crippen LogP) is 3.42. The fraction of sp³-hybridized carbons (Fsp3) is 0.208. The Balaban J connectivity index is 1.63. The van der Waals surface area contributed by atoms with Crippen LogP contribution in [0.3, 0.4) is 0 Å². The molecule has 0 radical (unpaired) electrons. The number of primary sulfonamides is 1. The lowest BCUT2D eigenvalue weighted by atomic mass is 10.2. The normalized spacial score (nSPS) is 12.0. The van der Waals surface area contributed by atoms with Gasteiger partial charge in [-0.15, -0.1) is 0 Å². The average molecular weight is 469 g/mol. The van der Waals surface area contributed by atoms with Gasteiger partial charge in [0.25, 0.3) is 0 Å². The molecule has 3 rings (SSSR count). The smallest absolute Gasteiger partial charge is 0.246 e. The van der Waals surface area contributed by atoms with Crippen molar-refractivity contribution >= 4 is 33.0 Å². The number of hydrogen-bond acceptors (Lipinski definition) is 6. The van der Waals surface area contributed by atoms with Gasteiger partial charge in [-0.05, 0) is 55.0 Å². The van der Waals surface area contributed by atoms with Crippen LogP contribution in [0.1, 0.15) is 12.5 Å². The Kier molecular flexibility index (Phi) is 7.57. The molecule has 3 aromatic rings. The molecule has 33 heavy (non-hydrogen) atoms. The van der Waals surface area contributed by atoms with Crippen LogP contribution in [0.4, 0.5) is 17.1 Å². The zero-order chi connectivity index (χ0) is 24.0. The summed E-state index contributed by atoms with van der Waals surface area (Å²) in [6, 6.07) is 20.8. The molecule has 8 nitrogen and oxygen atoms in total. The summed E-state index contributed by atoms with van der Waals surface area (Å²) in [7, 11) is -0.225. The van der Waals surface area contributed by atoms with E-state index in [1.54, 1.807) is 37.3 Å². The first-order valence-corrected chi connectivity index (χ1v) is 11.9. The number of rotatable bonds is 9. The van der Waals surface area contributed by atoms with Gasteiger partial charge < -0.3 is 20.3 Å². The number of nitrogens with two attached hydrogens (primary N) is 1. The summed E-state index contributed by atoms with van der Waals surface area (Å²) in [5.41, 5.74) is 2.89. The molecule has 0 aliphatic rings. The molecule has 0 aliphatic carbocycles. The van der Waals surface area contributed by atoms with Crippen LogP contribution in [-0.2, 0) is 21.4 Å². The third-order valence-corrected chi connectivity index (χ3v) is 5.82. The topological polar surface area (TPSA) is 114 Å². The molecule has 3 aromatic carbocycles. The van der Waals surface area contributed by atoms with E-state index < -0.39 is 16.1 Å². The van der Waals surface area contributed by atoms with Crippen LogP contribution in [0.15, 0.2) is 77.7 Å². The van der Waals surface area contributed by atoms with Gasteiger partial charge in [0.2, 0.25) is 15.9 Å². The summed E-state index contributed by atoms with van der Waals surface area (Å²) in [5, 5.41) is 11.2. The monoisotopic (exact) mass is 468 g/mol. The average Bonchev–Trinajstić information content (AvgIpc) is 2.78. The van der Waals surface area contributed by atoms with Gasteiger partial charge in [-0.3, -0.25) is 4.79 Å². The number of nitrogens with one attached hydrogen (secondary N) is 2. The standard InChI is InChI=1S/C24H28N4O4S/c1-17(26-22-15-21(33(25,30)31)13-14-23(22)28(2)3)24(29)27-19-9-11-20(12-10-19)32-16-18-7-5-4-6-8-18/h4-15,17,26H,16H2,1-3H3,(H,27,29)(H2,25,30,31). The predicted molar refractivity (Wildman–Crippen MR) is 131 cm³/mol. The summed E-state index contributed by atoms with van der Waals surface area (Å²) in [6.45, 7) is 2.15. The Labute approximate surface area is 194 Å². The lowest BCUT2D eigenvalue weighted by molar-refractivity contribution is -0.116. The van der Waals surface area contributed by atoms with Crippen molar-refractivity contribution in [1.29, 1.82) is 0 Å². The van der Waals surface area contributed by atoms with Crippen LogP contribution < -0.4 is 25.4 Å². The van der Waals surface area contributed by atoms with E-state index in [0.29, 0.717) is 23.7 Å². The van der Waals surface area contributed by atoms with E-state index >= 15 is 0 Å². The van der Waals surface area contributed by atoms with Crippen molar-refractivity contribution in [2.24, 2.45) is 5.14 Å². The molecule has 0 aromatic heterocycles. The van der Waals surface area contributed by atoms with Crippen LogP contribution in [-0.4, -0.2) is 34.5 Å². The Morgan fingerprint density at radius 3 is 2.30 bits per heavy atom. The largest absolute Gasteiger partial charge is 0.489 e. The summed E-state index contributed by atoms with van der Waals surface area (Å²) in [6.07, 6.45) is 0. The fourth-order valence-electron chi connectivity index (χ4n) is 3.12. The van der Waals surface area contributed by atoms with Gasteiger partial charge in [-0.2, -0.15) is 0 Å². The highest BCUT2D eigenvalue weighted by Gasteiger charge is 2.18. The van der Waals surface area contributed by atoms with Gasteiger partial charge in [0.1, 0.15) is 18.4 Å². The number of carbonyl (C=O) groups is 1. The van der Waals surface area contributed by atoms with E-state index in [0.717, 1.165) is 11.3 Å². The lowest BCUT2D eigenvalue weighted by Crippen LogP contribution is -2.32. The van der Waals surface area contributed by atoms with Crippen LogP contribution in [0, 0.1) is 0 Å². The molecule has 4 N–H and O–H groups in total. The molecular weight excluding hydrogens is 440 g/mol. The quantitative estimate of drug-likeness (QED) is 0.443. The van der Waals surface area contributed by atoms with Gasteiger partial charge in [0, 0.05) is 19.8 Å². The van der Waals surface area contributed by atoms with Crippen molar-refractivity contribution in [3.05, 3.63) is 78.4 Å². The molecule has 0 saturated heterocycles. The van der Waals surface area contributed by atoms with Crippen molar-refractivity contribution in [3.63, 3.8) is 0 Å². The maximum atomic E-state index is 12.7. The number of benzene rings is 3. The Morgan fingerprint density at radius 2 is 1.70 bits per heavy atom. The SMILES string of the molecule is CC(Nc1cc(S(N)(=O)=O)ccc1N(C)C)C(=O)Nc1ccc(OCc2ccccc2)cc1. The molecule has 0 bridgehead atoms. The number of ether oxygens (including phenoxy) is 1. The molecule has 0 aliphatic heterocycles. The molecule has 0 saturated carbocycles. The molecule has 0 heterocycles. The minimum Gasteiger partial charge on any atom is -0.489 e. The van der Waals surface area contributed by atoms with Gasteiger partial charge in [-0.25, -0.2) is 13.6 Å². The highest BCUT2D eigenvalue weighted by atomic mass is 32.2. The highest BCUT2D eigenvalue weighted by Crippen LogP contribution is 2.28. The third-order valence-electron chi connectivity index (χ3n) is 4.91. The van der Waals surface area contributed by atoms with Crippen LogP contribution >= 0.6 is 0 Å². The van der Waals surface area contributed by atoms with Crippen molar-refractivity contribution in [1.82, 2.24) is 0 Å². The number of carbonyl (C=O) groups excluding carboxylic acids is 1. The molecule has 0 fully saturated rings. The number of nitrogens with zero attached hydrogens (tertiary/aromatic N) is 1. The Hall–Kier alpha value is -3.56. The van der Waals surface area contributed by atoms with Crippen molar-refractivity contribution in [2.75, 3.05) is 29.6 Å². The summed E-state index contributed by atoms with van der Waals surface area (Å²) < 4.78 is 29.2. The zero-order valence-corrected chi connectivity index (χ0v) is 19.6. The van der Waals surface area contributed by atoms with Gasteiger partial charge in [0.15, 0.2) is 0 Å². The summed E-state index contributed by atoms with van der Waals surface area (Å²) in [4.78, 5) is 14.5. The molecule has 1 amide bonds. The second kappa shape index (κ2) is 10.4. The first kappa shape index (κ1) is 24.1. The second-order valence-electron chi connectivity index (χ2n) is 7.77. The molecule has 9 heteroatoms. The van der Waals surface area contributed by atoms with Gasteiger partial charge >= 0.3 is 0 Å². The molecule has 174 valence electrons. The minimum absolute atomic E-state index is 0.0331. The van der Waals surface area contributed by atoms with Gasteiger partial charge in [-0.1, -0.05) is 30.3 Å². The first-order chi connectivity index (χ1) is 15.6. The van der Waals surface area contributed by atoms with Crippen LogP contribution in [0.2, 0.25) is 0 Å². The van der Waals surface area contributed by atoms with Gasteiger partial charge in [0.05, 0.1) is 16.3 Å². The van der Waals surface area contributed by atoms with E-state index in [-0.39, 0.29) is 10.8 Å². The maximum absolute atomic E-state index is 12.7. The molecule has 1 unspecified atom stereocenters. The number of amides is 1. The Bertz CT molecular complexity index is 1200. The van der Waals surface area contributed by atoms with E-state index in [9.17, 15) is 13.2 Å². The number of sulfonamides is 1. The molecule has 1 atom stereocenters. The third kappa shape index (κ3) is 6.71. The second-order valence-corrected chi connectivity index (χ2v) is 9.33. The zero-order valence-electron chi connectivity index (χ0n) is 18.8. The first-order valence-electron chi connectivity index (χ1n) is 10.3. The summed E-state index contributed by atoms with van der Waals surface area (Å²) in [5.74, 6) is 0.414. The summed E-state index contributed by atoms with van der Waals surface area (Å²) >= 11 is 0. The fourth-order valence-corrected chi connectivity index (χ4v) is 3.66. The number of hydrogen-bond donors (Lipinski definition) is 3. The maximum Gasteiger partial charge on any atom is 0.246 e. The minimum atomic E-state index is -3.87. The van der Waals surface area contributed by atoms with Crippen LogP contribution in [0.5, 0.6) is 5.75 Å². The van der Waals surface area contributed by atoms with E-state index in [4.69, 9.17) is 9.88 Å². The molecular formula is C24H28N4O4S. The lowest BCUT2D eigenvalue weighted by Gasteiger charge is -2.22. The molecule has 0 spiro atoms. The van der Waals surface area contributed by atoms with E-state index in [1.165, 1.54) is 12.1 Å². The van der Waals surface area contributed by atoms with Crippen molar-refractivity contribution in [3.8, 4) is 5.75 Å². The van der Waals surface area contributed by atoms with E-state index in [2.05, 4.69) is 10.6 Å². The van der Waals surface area contributed by atoms with Crippen molar-refractivity contribution in [2.45, 2.75) is 24.5 Å². The Morgan fingerprint density at radius 1 is 1.03 bits per heavy atom. The van der Waals surface area contributed by atoms with Crippen molar-refractivity contribution < 1.29 is 17.9 Å². The highest BCUT2D eigenvalue weighted by molar-refractivity contribution is 7.89. The van der Waals surface area contributed by atoms with E-state index in [1.807, 2.05) is 49.3 Å².